The van der Waals surface area contributed by atoms with Crippen LogP contribution in [0.1, 0.15) is 13.8 Å². The Kier molecular flexibility index (Phi) is 3.95. The quantitative estimate of drug-likeness (QED) is 0.933. The second-order valence-corrected chi connectivity index (χ2v) is 4.69. The molecule has 0 fully saturated rings. The molecule has 1 aromatic carbocycles. The SMILES string of the molecule is CCN(CC)C(=O)Cn1c(N)nc2cc(Cl)ccc21. The third kappa shape index (κ3) is 2.66. The van der Waals surface area contributed by atoms with E-state index in [0.717, 1.165) is 5.52 Å². The molecule has 0 aliphatic heterocycles. The van der Waals surface area contributed by atoms with Crippen molar-refractivity contribution in [3.05, 3.63) is 23.2 Å². The second kappa shape index (κ2) is 5.48. The fraction of sp³-hybridized carbons (Fsp3) is 0.385. The Morgan fingerprint density at radius 3 is 2.74 bits per heavy atom. The van der Waals surface area contributed by atoms with E-state index in [2.05, 4.69) is 4.98 Å². The predicted octanol–water partition coefficient (Wildman–Crippen LogP) is 2.14. The number of aromatic nitrogens is 2. The van der Waals surface area contributed by atoms with Crippen LogP contribution in [0.3, 0.4) is 0 Å². The second-order valence-electron chi connectivity index (χ2n) is 4.26. The predicted molar refractivity (Wildman–Crippen MR) is 77.1 cm³/mol. The maximum atomic E-state index is 12.1. The number of carbonyl (C=O) groups excluding carboxylic acids is 1. The number of nitrogens with zero attached hydrogens (tertiary/aromatic N) is 3. The summed E-state index contributed by atoms with van der Waals surface area (Å²) in [5, 5.41) is 0.604. The molecule has 102 valence electrons. The average molecular weight is 281 g/mol. The molecular weight excluding hydrogens is 264 g/mol. The van der Waals surface area contributed by atoms with Gasteiger partial charge in [0.15, 0.2) is 0 Å². The molecule has 0 atom stereocenters. The van der Waals surface area contributed by atoms with E-state index in [1.165, 1.54) is 0 Å². The maximum Gasteiger partial charge on any atom is 0.242 e. The summed E-state index contributed by atoms with van der Waals surface area (Å²) >= 11 is 5.92. The van der Waals surface area contributed by atoms with E-state index in [4.69, 9.17) is 17.3 Å². The Morgan fingerprint density at radius 1 is 1.42 bits per heavy atom. The highest BCUT2D eigenvalue weighted by atomic mass is 35.5. The van der Waals surface area contributed by atoms with Crippen molar-refractivity contribution >= 4 is 34.5 Å². The van der Waals surface area contributed by atoms with E-state index >= 15 is 0 Å². The molecule has 0 bridgehead atoms. The van der Waals surface area contributed by atoms with Crippen molar-refractivity contribution in [1.29, 1.82) is 0 Å². The molecule has 2 rings (SSSR count). The lowest BCUT2D eigenvalue weighted by atomic mass is 10.3. The van der Waals surface area contributed by atoms with Gasteiger partial charge < -0.3 is 15.2 Å². The Hall–Kier alpha value is -1.75. The Bertz CT molecular complexity index is 604. The summed E-state index contributed by atoms with van der Waals surface area (Å²) < 4.78 is 1.71. The topological polar surface area (TPSA) is 64.2 Å². The number of imidazole rings is 1. The van der Waals surface area contributed by atoms with Gasteiger partial charge in [-0.25, -0.2) is 4.98 Å². The van der Waals surface area contributed by atoms with Crippen molar-refractivity contribution < 1.29 is 4.79 Å². The smallest absolute Gasteiger partial charge is 0.242 e. The number of hydrogen-bond donors (Lipinski definition) is 1. The molecule has 0 saturated carbocycles. The minimum atomic E-state index is 0.0333. The van der Waals surface area contributed by atoms with Crippen molar-refractivity contribution in [2.24, 2.45) is 0 Å². The molecule has 0 saturated heterocycles. The fourth-order valence-electron chi connectivity index (χ4n) is 2.10. The zero-order chi connectivity index (χ0) is 14.0. The van der Waals surface area contributed by atoms with E-state index in [1.54, 1.807) is 21.6 Å². The highest BCUT2D eigenvalue weighted by molar-refractivity contribution is 6.31. The van der Waals surface area contributed by atoms with E-state index in [9.17, 15) is 4.79 Å². The normalized spacial score (nSPS) is 10.9. The van der Waals surface area contributed by atoms with Crippen molar-refractivity contribution in [2.75, 3.05) is 18.8 Å². The van der Waals surface area contributed by atoms with Crippen LogP contribution in [0.25, 0.3) is 11.0 Å². The van der Waals surface area contributed by atoms with Gasteiger partial charge >= 0.3 is 0 Å². The minimum absolute atomic E-state index is 0.0333. The molecule has 1 amide bonds. The number of benzene rings is 1. The third-order valence-electron chi connectivity index (χ3n) is 3.15. The summed E-state index contributed by atoms with van der Waals surface area (Å²) in [6.45, 7) is 5.49. The molecular formula is C13H17ClN4O. The van der Waals surface area contributed by atoms with Crippen LogP contribution in [0.15, 0.2) is 18.2 Å². The molecule has 19 heavy (non-hydrogen) atoms. The third-order valence-corrected chi connectivity index (χ3v) is 3.38. The highest BCUT2D eigenvalue weighted by Gasteiger charge is 2.15. The summed E-state index contributed by atoms with van der Waals surface area (Å²) in [6, 6.07) is 5.34. The lowest BCUT2D eigenvalue weighted by Gasteiger charge is -2.19. The summed E-state index contributed by atoms with van der Waals surface area (Å²) in [5.41, 5.74) is 7.40. The van der Waals surface area contributed by atoms with Gasteiger partial charge in [0.2, 0.25) is 11.9 Å². The monoisotopic (exact) mass is 280 g/mol. The lowest BCUT2D eigenvalue weighted by molar-refractivity contribution is -0.131. The van der Waals surface area contributed by atoms with Crippen LogP contribution in [-0.4, -0.2) is 33.4 Å². The van der Waals surface area contributed by atoms with Crippen LogP contribution in [0, 0.1) is 0 Å². The summed E-state index contributed by atoms with van der Waals surface area (Å²) in [5.74, 6) is 0.365. The number of hydrogen-bond acceptors (Lipinski definition) is 3. The number of fused-ring (bicyclic) bond motifs is 1. The Labute approximate surface area is 117 Å². The van der Waals surface area contributed by atoms with Crippen LogP contribution in [-0.2, 0) is 11.3 Å². The molecule has 5 nitrogen and oxygen atoms in total. The number of rotatable bonds is 4. The fourth-order valence-corrected chi connectivity index (χ4v) is 2.27. The number of amides is 1. The number of nitrogens with two attached hydrogens (primary N) is 1. The van der Waals surface area contributed by atoms with Gasteiger partial charge in [-0.15, -0.1) is 0 Å². The number of likely N-dealkylation sites (N-methyl/N-ethyl adjacent to an activating group) is 1. The maximum absolute atomic E-state index is 12.1. The van der Waals surface area contributed by atoms with Crippen molar-refractivity contribution in [3.8, 4) is 0 Å². The van der Waals surface area contributed by atoms with E-state index in [-0.39, 0.29) is 12.5 Å². The highest BCUT2D eigenvalue weighted by Crippen LogP contribution is 2.21. The molecule has 0 aliphatic rings. The van der Waals surface area contributed by atoms with Crippen molar-refractivity contribution in [1.82, 2.24) is 14.5 Å². The lowest BCUT2D eigenvalue weighted by Crippen LogP contribution is -2.33. The number of nitrogen functional groups attached to an aromatic ring is 1. The van der Waals surface area contributed by atoms with Gasteiger partial charge in [0.25, 0.3) is 0 Å². The molecule has 1 heterocycles. The van der Waals surface area contributed by atoms with E-state index in [1.807, 2.05) is 19.9 Å². The Balaban J connectivity index is 2.35. The van der Waals surface area contributed by atoms with Gasteiger partial charge in [0.1, 0.15) is 6.54 Å². The van der Waals surface area contributed by atoms with Crippen LogP contribution in [0.5, 0.6) is 0 Å². The molecule has 2 N–H and O–H groups in total. The number of carbonyl (C=O) groups is 1. The molecule has 1 aromatic heterocycles. The zero-order valence-corrected chi connectivity index (χ0v) is 11.8. The minimum Gasteiger partial charge on any atom is -0.369 e. The molecule has 0 aliphatic carbocycles. The summed E-state index contributed by atoms with van der Waals surface area (Å²) in [6.07, 6.45) is 0. The first-order valence-corrected chi connectivity index (χ1v) is 6.63. The van der Waals surface area contributed by atoms with Gasteiger partial charge in [0, 0.05) is 18.1 Å². The molecule has 6 heteroatoms. The summed E-state index contributed by atoms with van der Waals surface area (Å²) in [7, 11) is 0. The van der Waals surface area contributed by atoms with Gasteiger partial charge in [-0.05, 0) is 32.0 Å². The first kappa shape index (κ1) is 13.7. The van der Waals surface area contributed by atoms with Crippen LogP contribution >= 0.6 is 11.6 Å². The first-order chi connectivity index (χ1) is 9.06. The summed E-state index contributed by atoms with van der Waals surface area (Å²) in [4.78, 5) is 18.1. The van der Waals surface area contributed by atoms with Crippen LogP contribution < -0.4 is 5.73 Å². The number of halogens is 1. The van der Waals surface area contributed by atoms with Gasteiger partial charge in [-0.2, -0.15) is 0 Å². The van der Waals surface area contributed by atoms with E-state index in [0.29, 0.717) is 29.6 Å². The van der Waals surface area contributed by atoms with Gasteiger partial charge in [0.05, 0.1) is 11.0 Å². The molecule has 0 radical (unpaired) electrons. The largest absolute Gasteiger partial charge is 0.369 e. The molecule has 0 unspecified atom stereocenters. The zero-order valence-electron chi connectivity index (χ0n) is 11.1. The van der Waals surface area contributed by atoms with Gasteiger partial charge in [-0.3, -0.25) is 4.79 Å². The van der Waals surface area contributed by atoms with Crippen molar-refractivity contribution in [2.45, 2.75) is 20.4 Å². The van der Waals surface area contributed by atoms with Crippen LogP contribution in [0.2, 0.25) is 5.02 Å². The van der Waals surface area contributed by atoms with Gasteiger partial charge in [-0.1, -0.05) is 11.6 Å². The first-order valence-electron chi connectivity index (χ1n) is 6.25. The van der Waals surface area contributed by atoms with Crippen LogP contribution in [0.4, 0.5) is 5.95 Å². The average Bonchev–Trinajstić information content (AvgIpc) is 2.66. The standard InChI is InChI=1S/C13H17ClN4O/c1-3-17(4-2)12(19)8-18-11-6-5-9(14)7-10(11)16-13(18)15/h5-7H,3-4,8H2,1-2H3,(H2,15,16). The Morgan fingerprint density at radius 2 is 2.11 bits per heavy atom. The molecule has 0 spiro atoms. The number of anilines is 1. The van der Waals surface area contributed by atoms with E-state index < -0.39 is 0 Å². The van der Waals surface area contributed by atoms with Crippen molar-refractivity contribution in [3.63, 3.8) is 0 Å². The molecule has 2 aromatic rings.